The molecule has 2 aromatic carbocycles. The number of hydrogen-bond donors (Lipinski definition) is 2. The molecule has 52 heavy (non-hydrogen) atoms. The van der Waals surface area contributed by atoms with Crippen molar-refractivity contribution in [3.63, 3.8) is 0 Å². The van der Waals surface area contributed by atoms with Gasteiger partial charge in [0, 0.05) is 73.0 Å². The minimum Gasteiger partial charge on any atom is -0.512 e. The number of carbonyl (C=O) groups excluding carboxylic acids is 2. The fourth-order valence-corrected chi connectivity index (χ4v) is 6.37. The van der Waals surface area contributed by atoms with Crippen molar-refractivity contribution in [3.05, 3.63) is 120 Å². The highest BCUT2D eigenvalue weighted by molar-refractivity contribution is 9.10. The van der Waals surface area contributed by atoms with Gasteiger partial charge in [-0.3, -0.25) is 23.9 Å². The molecule has 0 bridgehead atoms. The number of carbonyl (C=O) groups is 2. The van der Waals surface area contributed by atoms with Crippen LogP contribution in [0.3, 0.4) is 0 Å². The summed E-state index contributed by atoms with van der Waals surface area (Å²) in [7, 11) is 0. The molecule has 1 amide bonds. The molecule has 1 atom stereocenters. The number of aliphatic hydroxyl groups excluding tert-OH is 1. The number of aliphatic hydroxyl groups is 1. The molecule has 1 fully saturated rings. The highest BCUT2D eigenvalue weighted by atomic mass is 79.9. The van der Waals surface area contributed by atoms with Crippen LogP contribution in [0.15, 0.2) is 75.3 Å². The minimum absolute atomic E-state index is 0.0270. The molecule has 2 aliphatic rings. The Bertz CT molecular complexity index is 1920. The van der Waals surface area contributed by atoms with E-state index in [2.05, 4.69) is 26.0 Å². The van der Waals surface area contributed by atoms with Crippen LogP contribution in [0, 0.1) is 11.6 Å². The monoisotopic (exact) mass is 797 g/mol. The summed E-state index contributed by atoms with van der Waals surface area (Å²) >= 11 is 3.21. The first-order valence-electron chi connectivity index (χ1n) is 16.4. The van der Waals surface area contributed by atoms with Crippen molar-refractivity contribution in [2.45, 2.75) is 65.0 Å². The van der Waals surface area contributed by atoms with Crippen LogP contribution in [-0.4, -0.2) is 58.9 Å². The van der Waals surface area contributed by atoms with Gasteiger partial charge in [-0.05, 0) is 73.7 Å². The van der Waals surface area contributed by atoms with E-state index in [1.54, 1.807) is 11.8 Å². The smallest absolute Gasteiger partial charge is 0.416 e. The Balaban J connectivity index is 0.000000929. The summed E-state index contributed by atoms with van der Waals surface area (Å²) in [6.45, 7) is 5.26. The second-order valence-electron chi connectivity index (χ2n) is 12.3. The number of esters is 1. The summed E-state index contributed by atoms with van der Waals surface area (Å²) in [5, 5.41) is 13.0. The lowest BCUT2D eigenvalue weighted by atomic mass is 9.90. The highest BCUT2D eigenvalue weighted by Crippen LogP contribution is 2.34. The number of likely N-dealkylation sites (tertiary alicyclic amines) is 1. The van der Waals surface area contributed by atoms with Gasteiger partial charge in [-0.1, -0.05) is 28.1 Å². The molecule has 0 spiro atoms. The van der Waals surface area contributed by atoms with Crippen molar-refractivity contribution in [1.82, 2.24) is 14.8 Å². The Kier molecular flexibility index (Phi) is 13.5. The summed E-state index contributed by atoms with van der Waals surface area (Å²) in [5.74, 6) is -2.63. The van der Waals surface area contributed by atoms with Crippen LogP contribution in [0.25, 0.3) is 5.57 Å². The fourth-order valence-electron chi connectivity index (χ4n) is 5.99. The molecular weight excluding hydrogens is 760 g/mol. The summed E-state index contributed by atoms with van der Waals surface area (Å²) in [6.07, 6.45) is -2.30. The van der Waals surface area contributed by atoms with E-state index in [1.165, 1.54) is 37.3 Å². The van der Waals surface area contributed by atoms with E-state index in [0.717, 1.165) is 22.4 Å². The van der Waals surface area contributed by atoms with Crippen molar-refractivity contribution >= 4 is 33.4 Å². The van der Waals surface area contributed by atoms with Gasteiger partial charge in [0.05, 0.1) is 12.2 Å². The standard InChI is InChI=1S/C33H30BrF6N3O3.C4H8O2/c1-18-3-2-4-28(44)30(18)19-5-7-26(36)21(11-19)14-41-32(46)31(24-12-22(34)6-8-27(24)37)43-15-20(9-10-42-16-23(35)17-42)25(13-29(43)45)33(38,39)40;1-3-6-4(2)5/h3,5-8,11-13,15,23,31,44H,2,4,9-10,14,16-17H2,1H3,(H,41,46);3H2,1-2H3. The first kappa shape index (κ1) is 40.4. The Labute approximate surface area is 304 Å². The molecule has 1 aromatic heterocycles. The van der Waals surface area contributed by atoms with Crippen molar-refractivity contribution in [1.29, 1.82) is 0 Å². The molecule has 1 aliphatic heterocycles. The predicted molar refractivity (Wildman–Crippen MR) is 186 cm³/mol. The Morgan fingerprint density at radius 1 is 1.08 bits per heavy atom. The lowest BCUT2D eigenvalue weighted by Gasteiger charge is -2.34. The maximum Gasteiger partial charge on any atom is 0.416 e. The zero-order valence-electron chi connectivity index (χ0n) is 28.6. The number of rotatable bonds is 10. The van der Waals surface area contributed by atoms with Crippen LogP contribution < -0.4 is 10.9 Å². The van der Waals surface area contributed by atoms with Gasteiger partial charge >= 0.3 is 12.1 Å². The summed E-state index contributed by atoms with van der Waals surface area (Å²) in [6, 6.07) is 6.35. The number of hydrogen-bond acceptors (Lipinski definition) is 6. The summed E-state index contributed by atoms with van der Waals surface area (Å²) in [4.78, 5) is 38.4. The maximum absolute atomic E-state index is 15.2. The number of nitrogens with one attached hydrogen (secondary N) is 1. The van der Waals surface area contributed by atoms with Crippen molar-refractivity contribution in [2.24, 2.45) is 0 Å². The van der Waals surface area contributed by atoms with Crippen LogP contribution in [0.1, 0.15) is 67.5 Å². The molecule has 280 valence electrons. The fraction of sp³-hybridized carbons (Fsp3) is 0.378. The van der Waals surface area contributed by atoms with E-state index in [-0.39, 0.29) is 54.5 Å². The number of ether oxygens (including phenoxy) is 1. The quantitative estimate of drug-likeness (QED) is 0.162. The molecule has 3 aromatic rings. The first-order chi connectivity index (χ1) is 24.5. The number of halogens is 7. The number of nitrogens with zero attached hydrogens (tertiary/aromatic N) is 2. The molecule has 8 nitrogen and oxygen atoms in total. The van der Waals surface area contributed by atoms with Gasteiger partial charge in [-0.25, -0.2) is 13.2 Å². The van der Waals surface area contributed by atoms with E-state index in [4.69, 9.17) is 0 Å². The average molecular weight is 799 g/mol. The van der Waals surface area contributed by atoms with Crippen LogP contribution in [-0.2, 0) is 33.5 Å². The van der Waals surface area contributed by atoms with Gasteiger partial charge in [0.2, 0.25) is 5.91 Å². The predicted octanol–water partition coefficient (Wildman–Crippen LogP) is 7.59. The number of pyridine rings is 1. The molecule has 0 radical (unpaired) electrons. The summed E-state index contributed by atoms with van der Waals surface area (Å²) < 4.78 is 90.9. The third kappa shape index (κ3) is 10.1. The zero-order valence-corrected chi connectivity index (χ0v) is 30.2. The molecule has 1 aliphatic carbocycles. The highest BCUT2D eigenvalue weighted by Gasteiger charge is 2.37. The zero-order chi connectivity index (χ0) is 38.3. The van der Waals surface area contributed by atoms with Crippen molar-refractivity contribution < 1.29 is 45.8 Å². The number of alkyl halides is 4. The molecule has 0 saturated carbocycles. The Hall–Kier alpha value is -4.37. The van der Waals surface area contributed by atoms with E-state index in [0.29, 0.717) is 41.1 Å². The van der Waals surface area contributed by atoms with Gasteiger partial charge < -0.3 is 15.2 Å². The van der Waals surface area contributed by atoms with Gasteiger partial charge in [0.25, 0.3) is 5.56 Å². The lowest BCUT2D eigenvalue weighted by Crippen LogP contribution is -2.49. The molecule has 5 rings (SSSR count). The van der Waals surface area contributed by atoms with Gasteiger partial charge in [0.15, 0.2) is 0 Å². The van der Waals surface area contributed by atoms with Crippen LogP contribution in [0.5, 0.6) is 0 Å². The largest absolute Gasteiger partial charge is 0.512 e. The molecule has 2 N–H and O–H groups in total. The molecular formula is C37H38BrF6N3O5. The van der Waals surface area contributed by atoms with Crippen LogP contribution in [0.4, 0.5) is 26.3 Å². The Morgan fingerprint density at radius 3 is 2.37 bits per heavy atom. The van der Waals surface area contributed by atoms with E-state index in [9.17, 15) is 41.4 Å². The third-order valence-electron chi connectivity index (χ3n) is 8.51. The third-order valence-corrected chi connectivity index (χ3v) is 9.00. The first-order valence-corrected chi connectivity index (χ1v) is 17.2. The number of benzene rings is 2. The second kappa shape index (κ2) is 17.4. The number of aromatic nitrogens is 1. The maximum atomic E-state index is 15.2. The molecule has 1 unspecified atom stereocenters. The van der Waals surface area contributed by atoms with Crippen molar-refractivity contribution in [2.75, 3.05) is 26.2 Å². The topological polar surface area (TPSA) is 101 Å². The normalized spacial score (nSPS) is 15.6. The SMILES string of the molecule is CC1=CCCC(O)=C1c1ccc(F)c(CNC(=O)C(c2cc(Br)ccc2F)n2cc(CCN3CC(F)C3)c(C(F)(F)F)cc2=O)c1.CCOC(C)=O. The Morgan fingerprint density at radius 2 is 1.77 bits per heavy atom. The lowest BCUT2D eigenvalue weighted by molar-refractivity contribution is -0.140. The molecule has 1 saturated heterocycles. The van der Waals surface area contributed by atoms with Crippen LogP contribution in [0.2, 0.25) is 0 Å². The number of allylic oxidation sites excluding steroid dienone is 4. The van der Waals surface area contributed by atoms with Crippen molar-refractivity contribution in [3.8, 4) is 0 Å². The molecule has 15 heteroatoms. The van der Waals surface area contributed by atoms with E-state index >= 15 is 4.39 Å². The van der Waals surface area contributed by atoms with Crippen LogP contribution >= 0.6 is 15.9 Å². The minimum atomic E-state index is -4.90. The summed E-state index contributed by atoms with van der Waals surface area (Å²) in [5.41, 5.74) is -1.18. The average Bonchev–Trinajstić information content (AvgIpc) is 3.05. The molecule has 2 heterocycles. The van der Waals surface area contributed by atoms with E-state index < -0.39 is 53.6 Å². The number of amides is 1. The van der Waals surface area contributed by atoms with Gasteiger partial charge in [-0.2, -0.15) is 13.2 Å². The second-order valence-corrected chi connectivity index (χ2v) is 13.2. The van der Waals surface area contributed by atoms with E-state index in [1.807, 2.05) is 13.0 Å². The van der Waals surface area contributed by atoms with Gasteiger partial charge in [0.1, 0.15) is 29.6 Å². The van der Waals surface area contributed by atoms with Gasteiger partial charge in [-0.15, -0.1) is 0 Å².